The van der Waals surface area contributed by atoms with E-state index in [2.05, 4.69) is 15.2 Å². The fourth-order valence-electron chi connectivity index (χ4n) is 1.99. The van der Waals surface area contributed by atoms with Crippen molar-refractivity contribution in [3.63, 3.8) is 0 Å². The molecule has 0 aliphatic heterocycles. The van der Waals surface area contributed by atoms with Crippen LogP contribution in [0.1, 0.15) is 0 Å². The molecule has 3 aromatic rings. The summed E-state index contributed by atoms with van der Waals surface area (Å²) < 4.78 is 23.6. The number of sulfone groups is 1. The van der Waals surface area contributed by atoms with Gasteiger partial charge in [-0.3, -0.25) is 5.10 Å². The summed E-state index contributed by atoms with van der Waals surface area (Å²) in [5, 5.41) is 8.10. The van der Waals surface area contributed by atoms with Gasteiger partial charge in [0.25, 0.3) is 0 Å². The maximum atomic E-state index is 11.8. The number of hydrogen-bond acceptors (Lipinski definition) is 4. The van der Waals surface area contributed by atoms with Gasteiger partial charge in [0.15, 0.2) is 15.0 Å². The maximum Gasteiger partial charge on any atom is 0.176 e. The fraction of sp³-hybridized carbons (Fsp3) is 0.0909. The number of fused-ring (bicyclic) bond motifs is 3. The largest absolute Gasteiger partial charge is 0.275 e. The minimum Gasteiger partial charge on any atom is -0.275 e. The first kappa shape index (κ1) is 11.4. The minimum absolute atomic E-state index is 0.232. The quantitative estimate of drug-likeness (QED) is 0.694. The Morgan fingerprint density at radius 2 is 2.11 bits per heavy atom. The van der Waals surface area contributed by atoms with Gasteiger partial charge in [0, 0.05) is 17.0 Å². The zero-order chi connectivity index (χ0) is 12.9. The Hall–Kier alpha value is -1.66. The highest BCUT2D eigenvalue weighted by Gasteiger charge is 2.17. The van der Waals surface area contributed by atoms with E-state index in [4.69, 9.17) is 11.6 Å². The molecule has 0 amide bonds. The number of rotatable bonds is 1. The summed E-state index contributed by atoms with van der Waals surface area (Å²) >= 11 is 6.01. The molecule has 5 nitrogen and oxygen atoms in total. The normalized spacial score (nSPS) is 12.3. The van der Waals surface area contributed by atoms with Crippen LogP contribution in [0.5, 0.6) is 0 Å². The van der Waals surface area contributed by atoms with Crippen LogP contribution in [0, 0.1) is 0 Å². The lowest BCUT2D eigenvalue weighted by Gasteiger charge is -2.05. The van der Waals surface area contributed by atoms with E-state index in [1.54, 1.807) is 24.4 Å². The highest BCUT2D eigenvalue weighted by Crippen LogP contribution is 2.31. The molecule has 2 aromatic heterocycles. The van der Waals surface area contributed by atoms with E-state index < -0.39 is 9.84 Å². The second-order valence-electron chi connectivity index (χ2n) is 3.98. The van der Waals surface area contributed by atoms with Crippen LogP contribution in [0.2, 0.25) is 5.15 Å². The Morgan fingerprint density at radius 1 is 1.33 bits per heavy atom. The Kier molecular flexibility index (Phi) is 2.33. The van der Waals surface area contributed by atoms with Crippen molar-refractivity contribution in [2.45, 2.75) is 4.90 Å². The van der Waals surface area contributed by atoms with Crippen molar-refractivity contribution < 1.29 is 8.42 Å². The lowest BCUT2D eigenvalue weighted by molar-refractivity contribution is 0.603. The first-order chi connectivity index (χ1) is 8.48. The second kappa shape index (κ2) is 3.66. The fourth-order valence-corrected chi connectivity index (χ4v) is 3.13. The molecule has 2 heterocycles. The number of nitrogens with zero attached hydrogens (tertiary/aromatic N) is 2. The van der Waals surface area contributed by atoms with Gasteiger partial charge >= 0.3 is 0 Å². The van der Waals surface area contributed by atoms with Crippen molar-refractivity contribution in [3.8, 4) is 0 Å². The molecule has 0 aliphatic rings. The van der Waals surface area contributed by atoms with Crippen LogP contribution in [-0.4, -0.2) is 29.9 Å². The standard InChI is InChI=1S/C11H8ClN3O2S/c1-18(16,17)8-4-2-3-7-9(8)6-5-13-15-10(6)11(12)14-7/h2-5H,1H3,(H,13,15). The van der Waals surface area contributed by atoms with Crippen LogP contribution in [0.3, 0.4) is 0 Å². The van der Waals surface area contributed by atoms with Gasteiger partial charge in [0.2, 0.25) is 0 Å². The highest BCUT2D eigenvalue weighted by molar-refractivity contribution is 7.91. The SMILES string of the molecule is CS(=O)(=O)c1cccc2nc(Cl)c3[nH]ncc3c12. The van der Waals surface area contributed by atoms with Crippen molar-refractivity contribution in [2.75, 3.05) is 6.26 Å². The lowest BCUT2D eigenvalue weighted by atomic mass is 10.1. The number of H-pyrrole nitrogens is 1. The third-order valence-electron chi connectivity index (χ3n) is 2.74. The monoisotopic (exact) mass is 281 g/mol. The molecule has 7 heteroatoms. The molecule has 0 saturated heterocycles. The molecule has 92 valence electrons. The lowest BCUT2D eigenvalue weighted by Crippen LogP contribution is -1.99. The smallest absolute Gasteiger partial charge is 0.176 e. The summed E-state index contributed by atoms with van der Waals surface area (Å²) in [4.78, 5) is 4.41. The zero-order valence-corrected chi connectivity index (χ0v) is 10.9. The molecular formula is C11H8ClN3O2S. The van der Waals surface area contributed by atoms with Crippen LogP contribution >= 0.6 is 11.6 Å². The van der Waals surface area contributed by atoms with Crippen molar-refractivity contribution in [2.24, 2.45) is 0 Å². The third-order valence-corrected chi connectivity index (χ3v) is 4.15. The number of benzene rings is 1. The summed E-state index contributed by atoms with van der Waals surface area (Å²) in [6.07, 6.45) is 2.72. The van der Waals surface area contributed by atoms with E-state index in [9.17, 15) is 8.42 Å². The second-order valence-corrected chi connectivity index (χ2v) is 6.33. The molecule has 0 saturated carbocycles. The first-order valence-electron chi connectivity index (χ1n) is 5.10. The Balaban J connectivity index is 2.65. The van der Waals surface area contributed by atoms with E-state index in [0.29, 0.717) is 21.8 Å². The van der Waals surface area contributed by atoms with Gasteiger partial charge in [-0.2, -0.15) is 5.10 Å². The van der Waals surface area contributed by atoms with E-state index in [1.165, 1.54) is 6.26 Å². The Bertz CT molecular complexity index is 871. The average Bonchev–Trinajstić information content (AvgIpc) is 2.76. The number of pyridine rings is 1. The molecular weight excluding hydrogens is 274 g/mol. The van der Waals surface area contributed by atoms with Gasteiger partial charge in [0.1, 0.15) is 5.52 Å². The van der Waals surface area contributed by atoms with E-state index >= 15 is 0 Å². The molecule has 0 bridgehead atoms. The molecule has 0 fully saturated rings. The van der Waals surface area contributed by atoms with Gasteiger partial charge in [-0.1, -0.05) is 17.7 Å². The van der Waals surface area contributed by atoms with Crippen molar-refractivity contribution >= 4 is 43.2 Å². The summed E-state index contributed by atoms with van der Waals surface area (Å²) in [6, 6.07) is 4.93. The molecule has 0 aliphatic carbocycles. The van der Waals surface area contributed by atoms with E-state index in [1.807, 2.05) is 0 Å². The number of aromatic amines is 1. The van der Waals surface area contributed by atoms with Gasteiger partial charge in [-0.05, 0) is 12.1 Å². The number of nitrogens with one attached hydrogen (secondary N) is 1. The van der Waals surface area contributed by atoms with Crippen LogP contribution in [0.15, 0.2) is 29.3 Å². The van der Waals surface area contributed by atoms with Crippen LogP contribution in [-0.2, 0) is 9.84 Å². The Labute approximate surface area is 108 Å². The predicted molar refractivity (Wildman–Crippen MR) is 69.5 cm³/mol. The topological polar surface area (TPSA) is 75.7 Å². The number of hydrogen-bond donors (Lipinski definition) is 1. The molecule has 18 heavy (non-hydrogen) atoms. The number of halogens is 1. The maximum absolute atomic E-state index is 11.8. The first-order valence-corrected chi connectivity index (χ1v) is 7.37. The summed E-state index contributed by atoms with van der Waals surface area (Å²) in [5.74, 6) is 0. The van der Waals surface area contributed by atoms with Crippen LogP contribution in [0.4, 0.5) is 0 Å². The molecule has 1 aromatic carbocycles. The molecule has 0 unspecified atom stereocenters. The molecule has 1 N–H and O–H groups in total. The molecule has 3 rings (SSSR count). The van der Waals surface area contributed by atoms with E-state index in [0.717, 1.165) is 0 Å². The molecule has 0 spiro atoms. The van der Waals surface area contributed by atoms with Crippen molar-refractivity contribution in [1.82, 2.24) is 15.2 Å². The highest BCUT2D eigenvalue weighted by atomic mass is 35.5. The van der Waals surface area contributed by atoms with Crippen molar-refractivity contribution in [1.29, 1.82) is 0 Å². The van der Waals surface area contributed by atoms with Gasteiger partial charge in [0.05, 0.1) is 16.6 Å². The predicted octanol–water partition coefficient (Wildman–Crippen LogP) is 2.17. The van der Waals surface area contributed by atoms with Gasteiger partial charge in [-0.15, -0.1) is 0 Å². The third kappa shape index (κ3) is 1.57. The average molecular weight is 282 g/mol. The summed E-state index contributed by atoms with van der Waals surface area (Å²) in [7, 11) is -3.34. The number of aromatic nitrogens is 3. The van der Waals surface area contributed by atoms with Crippen LogP contribution < -0.4 is 0 Å². The van der Waals surface area contributed by atoms with Crippen LogP contribution in [0.25, 0.3) is 21.8 Å². The minimum atomic E-state index is -3.34. The summed E-state index contributed by atoms with van der Waals surface area (Å²) in [6.45, 7) is 0. The van der Waals surface area contributed by atoms with E-state index in [-0.39, 0.29) is 10.0 Å². The van der Waals surface area contributed by atoms with Crippen molar-refractivity contribution in [3.05, 3.63) is 29.5 Å². The molecule has 0 atom stereocenters. The Morgan fingerprint density at radius 3 is 2.83 bits per heavy atom. The zero-order valence-electron chi connectivity index (χ0n) is 9.31. The summed E-state index contributed by atoms with van der Waals surface area (Å²) in [5.41, 5.74) is 1.08. The van der Waals surface area contributed by atoms with Gasteiger partial charge < -0.3 is 0 Å². The van der Waals surface area contributed by atoms with Gasteiger partial charge in [-0.25, -0.2) is 13.4 Å². The molecule has 0 radical (unpaired) electrons.